The van der Waals surface area contributed by atoms with Crippen molar-refractivity contribution in [3.63, 3.8) is 0 Å². The van der Waals surface area contributed by atoms with Gasteiger partial charge in [-0.1, -0.05) is 13.8 Å². The quantitative estimate of drug-likeness (QED) is 0.620. The first kappa shape index (κ1) is 14.5. The summed E-state index contributed by atoms with van der Waals surface area (Å²) in [6.45, 7) is 6.96. The van der Waals surface area contributed by atoms with Crippen molar-refractivity contribution in [1.29, 1.82) is 0 Å². The Kier molecular flexibility index (Phi) is 3.23. The highest BCUT2D eigenvalue weighted by Gasteiger charge is 2.62. The lowest BCUT2D eigenvalue weighted by Gasteiger charge is -2.68. The predicted octanol–water partition coefficient (Wildman–Crippen LogP) is 3.24. The smallest absolute Gasteiger partial charge is 0.0509 e. The monoisotopic (exact) mass is 292 g/mol. The molecule has 3 heteroatoms. The molecule has 0 aromatic rings. The van der Waals surface area contributed by atoms with Crippen molar-refractivity contribution in [3.8, 4) is 0 Å². The zero-order valence-electron chi connectivity index (χ0n) is 13.8. The van der Waals surface area contributed by atoms with E-state index in [1.165, 1.54) is 51.4 Å². The molecule has 5 fully saturated rings. The maximum absolute atomic E-state index is 6.11. The highest BCUT2D eigenvalue weighted by atomic mass is 16.5. The summed E-state index contributed by atoms with van der Waals surface area (Å²) in [5.41, 5.74) is 4.85. The van der Waals surface area contributed by atoms with Crippen LogP contribution in [-0.2, 0) is 4.74 Å². The Morgan fingerprint density at radius 2 is 1.81 bits per heavy atom. The predicted molar refractivity (Wildman–Crippen MR) is 84.5 cm³/mol. The van der Waals surface area contributed by atoms with E-state index in [-0.39, 0.29) is 0 Å². The standard InChI is InChI=1S/C18H32N2O/c1-16-6-13-7-17(2,10-16)12-18(8-13,11-16)15(20-19)14-4-3-5-21-9-14/h13-15,20H,3-12,19H2,1-2H3. The van der Waals surface area contributed by atoms with E-state index in [1.807, 2.05) is 0 Å². The zero-order valence-corrected chi connectivity index (χ0v) is 13.8. The summed E-state index contributed by atoms with van der Waals surface area (Å²) in [6.07, 6.45) is 11.0. The number of nitrogens with two attached hydrogens (primary N) is 1. The normalized spacial score (nSPS) is 53.9. The molecule has 1 aliphatic heterocycles. The van der Waals surface area contributed by atoms with Gasteiger partial charge in [-0.2, -0.15) is 0 Å². The van der Waals surface area contributed by atoms with Crippen molar-refractivity contribution in [1.82, 2.24) is 5.43 Å². The highest BCUT2D eigenvalue weighted by Crippen LogP contribution is 2.70. The summed E-state index contributed by atoms with van der Waals surface area (Å²) >= 11 is 0. The molecule has 120 valence electrons. The van der Waals surface area contributed by atoms with Crippen LogP contribution in [0.25, 0.3) is 0 Å². The lowest BCUT2D eigenvalue weighted by molar-refractivity contribution is -0.169. The molecule has 0 spiro atoms. The molecule has 0 amide bonds. The molecule has 5 aliphatic rings. The third-order valence-corrected chi connectivity index (χ3v) is 7.18. The van der Waals surface area contributed by atoms with Crippen LogP contribution in [0.3, 0.4) is 0 Å². The van der Waals surface area contributed by atoms with Gasteiger partial charge in [0.2, 0.25) is 0 Å². The molecule has 4 atom stereocenters. The maximum Gasteiger partial charge on any atom is 0.0509 e. The second-order valence-electron chi connectivity index (χ2n) is 9.61. The number of ether oxygens (including phenoxy) is 1. The minimum Gasteiger partial charge on any atom is -0.381 e. The van der Waals surface area contributed by atoms with E-state index in [0.717, 1.165) is 19.1 Å². The van der Waals surface area contributed by atoms with Gasteiger partial charge in [-0.05, 0) is 79.4 Å². The van der Waals surface area contributed by atoms with E-state index in [2.05, 4.69) is 19.3 Å². The molecule has 0 aromatic carbocycles. The van der Waals surface area contributed by atoms with Crippen LogP contribution >= 0.6 is 0 Å². The molecule has 4 saturated carbocycles. The molecule has 5 rings (SSSR count). The summed E-state index contributed by atoms with van der Waals surface area (Å²) < 4.78 is 5.78. The van der Waals surface area contributed by atoms with E-state index >= 15 is 0 Å². The van der Waals surface area contributed by atoms with Crippen molar-refractivity contribution in [2.24, 2.45) is 33.9 Å². The minimum absolute atomic E-state index is 0.434. The Labute approximate surface area is 129 Å². The van der Waals surface area contributed by atoms with Crippen molar-refractivity contribution in [2.75, 3.05) is 13.2 Å². The van der Waals surface area contributed by atoms with Crippen LogP contribution in [0.1, 0.15) is 65.2 Å². The Morgan fingerprint density at radius 1 is 1.10 bits per heavy atom. The van der Waals surface area contributed by atoms with Crippen LogP contribution in [0.4, 0.5) is 0 Å². The van der Waals surface area contributed by atoms with Crippen molar-refractivity contribution in [3.05, 3.63) is 0 Å². The van der Waals surface area contributed by atoms with Crippen molar-refractivity contribution < 1.29 is 4.74 Å². The number of hydrazine groups is 1. The molecule has 0 radical (unpaired) electrons. The third-order valence-electron chi connectivity index (χ3n) is 7.18. The van der Waals surface area contributed by atoms with Gasteiger partial charge in [0.1, 0.15) is 0 Å². The number of nitrogens with one attached hydrogen (secondary N) is 1. The molecular weight excluding hydrogens is 260 g/mol. The molecule has 4 unspecified atom stereocenters. The molecule has 3 N–H and O–H groups in total. The van der Waals surface area contributed by atoms with Gasteiger partial charge in [-0.15, -0.1) is 0 Å². The average molecular weight is 292 g/mol. The SMILES string of the molecule is CC12CC3CC(C)(C1)CC(C(NN)C1CCCOC1)(C3)C2. The van der Waals surface area contributed by atoms with Crippen molar-refractivity contribution >= 4 is 0 Å². The van der Waals surface area contributed by atoms with Crippen LogP contribution in [0.5, 0.6) is 0 Å². The van der Waals surface area contributed by atoms with Crippen molar-refractivity contribution in [2.45, 2.75) is 71.3 Å². The molecule has 4 aliphatic carbocycles. The minimum atomic E-state index is 0.434. The van der Waals surface area contributed by atoms with Gasteiger partial charge in [0, 0.05) is 12.6 Å². The van der Waals surface area contributed by atoms with Gasteiger partial charge in [-0.3, -0.25) is 11.3 Å². The maximum atomic E-state index is 6.11. The second kappa shape index (κ2) is 4.69. The topological polar surface area (TPSA) is 47.3 Å². The largest absolute Gasteiger partial charge is 0.381 e. The van der Waals surface area contributed by atoms with Gasteiger partial charge < -0.3 is 4.74 Å². The third kappa shape index (κ3) is 2.27. The van der Waals surface area contributed by atoms with E-state index in [0.29, 0.717) is 28.2 Å². The molecular formula is C18H32N2O. The molecule has 1 heterocycles. The van der Waals surface area contributed by atoms with Crippen LogP contribution < -0.4 is 11.3 Å². The first-order valence-corrected chi connectivity index (χ1v) is 9.00. The fourth-order valence-corrected chi connectivity index (χ4v) is 7.72. The van der Waals surface area contributed by atoms with E-state index in [9.17, 15) is 0 Å². The van der Waals surface area contributed by atoms with Gasteiger partial charge in [0.25, 0.3) is 0 Å². The lowest BCUT2D eigenvalue weighted by atomic mass is 9.38. The molecule has 4 bridgehead atoms. The molecule has 0 aromatic heterocycles. The average Bonchev–Trinajstić information content (AvgIpc) is 2.36. The summed E-state index contributed by atoms with van der Waals surface area (Å²) in [5.74, 6) is 7.66. The van der Waals surface area contributed by atoms with E-state index in [1.54, 1.807) is 0 Å². The zero-order chi connectivity index (χ0) is 14.7. The van der Waals surface area contributed by atoms with Crippen LogP contribution in [0, 0.1) is 28.1 Å². The Hall–Kier alpha value is -0.120. The lowest BCUT2D eigenvalue weighted by Crippen LogP contribution is -2.64. The van der Waals surface area contributed by atoms with Crippen LogP contribution in [0.2, 0.25) is 0 Å². The molecule has 3 nitrogen and oxygen atoms in total. The van der Waals surface area contributed by atoms with Gasteiger partial charge in [0.05, 0.1) is 6.61 Å². The molecule has 1 saturated heterocycles. The number of rotatable bonds is 3. The fourth-order valence-electron chi connectivity index (χ4n) is 7.72. The first-order chi connectivity index (χ1) is 9.96. The number of hydrogen-bond donors (Lipinski definition) is 2. The Balaban J connectivity index is 1.65. The second-order valence-corrected chi connectivity index (χ2v) is 9.61. The van der Waals surface area contributed by atoms with Gasteiger partial charge in [0.15, 0.2) is 0 Å². The Morgan fingerprint density at radius 3 is 2.33 bits per heavy atom. The van der Waals surface area contributed by atoms with Crippen LogP contribution in [-0.4, -0.2) is 19.3 Å². The van der Waals surface area contributed by atoms with Crippen LogP contribution in [0.15, 0.2) is 0 Å². The molecule has 21 heavy (non-hydrogen) atoms. The Bertz CT molecular complexity index is 399. The summed E-state index contributed by atoms with van der Waals surface area (Å²) in [6, 6.07) is 0.458. The summed E-state index contributed by atoms with van der Waals surface area (Å²) in [4.78, 5) is 0. The van der Waals surface area contributed by atoms with E-state index < -0.39 is 0 Å². The van der Waals surface area contributed by atoms with E-state index in [4.69, 9.17) is 10.6 Å². The summed E-state index contributed by atoms with van der Waals surface area (Å²) in [5, 5.41) is 0. The number of hydrogen-bond acceptors (Lipinski definition) is 3. The fraction of sp³-hybridized carbons (Fsp3) is 1.00. The first-order valence-electron chi connectivity index (χ1n) is 9.00. The van der Waals surface area contributed by atoms with Gasteiger partial charge in [-0.25, -0.2) is 0 Å². The highest BCUT2D eigenvalue weighted by molar-refractivity contribution is 5.14. The van der Waals surface area contributed by atoms with Gasteiger partial charge >= 0.3 is 0 Å². The summed E-state index contributed by atoms with van der Waals surface area (Å²) in [7, 11) is 0.